The molecule has 0 aromatic heterocycles. The summed E-state index contributed by atoms with van der Waals surface area (Å²) in [6, 6.07) is 3.85. The molecular formula is C12H14BrCl2O2P. The van der Waals surface area contributed by atoms with Crippen LogP contribution in [0.1, 0.15) is 33.0 Å². The number of rotatable bonds is 5. The molecule has 6 heteroatoms. The van der Waals surface area contributed by atoms with Crippen molar-refractivity contribution < 1.29 is 22.8 Å². The molecule has 0 spiro atoms. The van der Waals surface area contributed by atoms with Crippen molar-refractivity contribution in [2.45, 2.75) is 13.7 Å². The molecule has 0 heterocycles. The highest BCUT2D eigenvalue weighted by molar-refractivity contribution is 9.11. The molecule has 0 amide bonds. The van der Waals surface area contributed by atoms with E-state index in [2.05, 4.69) is 15.9 Å². The molecule has 0 aliphatic rings. The van der Waals surface area contributed by atoms with E-state index in [4.69, 9.17) is 41.4 Å². The van der Waals surface area contributed by atoms with E-state index in [0.717, 1.165) is 4.99 Å². The van der Waals surface area contributed by atoms with Gasteiger partial charge < -0.3 is 4.52 Å². The van der Waals surface area contributed by atoms with Crippen molar-refractivity contribution in [2.24, 2.45) is 0 Å². The van der Waals surface area contributed by atoms with Crippen molar-refractivity contribution in [1.82, 2.24) is 0 Å². The maximum absolute atomic E-state index is 13.4. The smallest absolute Gasteiger partial charge is 0.247 e. The van der Waals surface area contributed by atoms with Crippen LogP contribution < -0.4 is 0 Å². The average Bonchev–Trinajstić information content (AvgIpc) is 2.50. The van der Waals surface area contributed by atoms with Gasteiger partial charge in [-0.3, -0.25) is 4.57 Å². The van der Waals surface area contributed by atoms with Crippen molar-refractivity contribution in [3.8, 4) is 0 Å². The predicted octanol–water partition coefficient (Wildman–Crippen LogP) is 6.02. The SMILES string of the molecule is [2H]C([2H])([2H])C([2H])([2H])P(=O)(O/C(=C/Br)c1ccc(Cl)cc1Cl)C([2H])([2H])C([2H])([2H])[2H]. The van der Waals surface area contributed by atoms with Crippen molar-refractivity contribution in [2.75, 3.05) is 12.2 Å². The first-order chi connectivity index (χ1) is 12.3. The number of halogens is 3. The molecule has 1 rings (SSSR count). The van der Waals surface area contributed by atoms with Gasteiger partial charge in [-0.2, -0.15) is 0 Å². The van der Waals surface area contributed by atoms with Crippen molar-refractivity contribution in [3.63, 3.8) is 0 Å². The van der Waals surface area contributed by atoms with E-state index in [1.807, 2.05) is 0 Å². The Morgan fingerprint density at radius 1 is 1.56 bits per heavy atom. The summed E-state index contributed by atoms with van der Waals surface area (Å²) in [6.07, 6.45) is -7.70. The third-order valence-electron chi connectivity index (χ3n) is 1.82. The molecule has 1 aromatic rings. The lowest BCUT2D eigenvalue weighted by Crippen LogP contribution is -1.96. The van der Waals surface area contributed by atoms with Crippen LogP contribution in [-0.4, -0.2) is 12.2 Å². The highest BCUT2D eigenvalue weighted by Crippen LogP contribution is 2.50. The van der Waals surface area contributed by atoms with Gasteiger partial charge in [0, 0.05) is 41.5 Å². The second-order valence-corrected chi connectivity index (χ2v) is 6.00. The summed E-state index contributed by atoms with van der Waals surface area (Å²) < 4.78 is 93.8. The lowest BCUT2D eigenvalue weighted by atomic mass is 10.2. The largest absolute Gasteiger partial charge is 0.442 e. The minimum atomic E-state index is -5.79. The van der Waals surface area contributed by atoms with Gasteiger partial charge in [0.1, 0.15) is 5.76 Å². The van der Waals surface area contributed by atoms with Gasteiger partial charge in [-0.15, -0.1) is 0 Å². The van der Waals surface area contributed by atoms with E-state index in [1.54, 1.807) is 0 Å². The number of hydrogen-bond acceptors (Lipinski definition) is 2. The molecule has 2 nitrogen and oxygen atoms in total. The summed E-state index contributed by atoms with van der Waals surface area (Å²) in [7, 11) is -5.79. The lowest BCUT2D eigenvalue weighted by Gasteiger charge is -2.19. The Balaban J connectivity index is 3.73. The van der Waals surface area contributed by atoms with Crippen LogP contribution in [0.4, 0.5) is 0 Å². The van der Waals surface area contributed by atoms with Crippen LogP contribution in [-0.2, 0) is 9.09 Å². The molecule has 0 aliphatic carbocycles. The summed E-state index contributed by atoms with van der Waals surface area (Å²) in [5.74, 6) is -0.536. The molecule has 100 valence electrons. The van der Waals surface area contributed by atoms with Crippen LogP contribution in [0, 0.1) is 0 Å². The first-order valence-electron chi connectivity index (χ1n) is 9.39. The first kappa shape index (κ1) is 6.67. The zero-order valence-electron chi connectivity index (χ0n) is 18.7. The molecule has 18 heavy (non-hydrogen) atoms. The van der Waals surface area contributed by atoms with Gasteiger partial charge in [0.25, 0.3) is 0 Å². The fourth-order valence-electron chi connectivity index (χ4n) is 1.03. The van der Waals surface area contributed by atoms with E-state index in [0.29, 0.717) is 0 Å². The maximum Gasteiger partial charge on any atom is 0.247 e. The normalized spacial score (nSPS) is 23.8. The fourth-order valence-corrected chi connectivity index (χ4v) is 2.59. The summed E-state index contributed by atoms with van der Waals surface area (Å²) in [4.78, 5) is 0.944. The van der Waals surface area contributed by atoms with Gasteiger partial charge in [0.05, 0.1) is 5.02 Å². The third-order valence-corrected chi connectivity index (χ3v) is 3.82. The van der Waals surface area contributed by atoms with E-state index in [9.17, 15) is 4.57 Å². The summed E-state index contributed by atoms with van der Waals surface area (Å²) in [6.45, 7) is -7.33. The van der Waals surface area contributed by atoms with Crippen LogP contribution >= 0.6 is 46.5 Å². The van der Waals surface area contributed by atoms with E-state index >= 15 is 0 Å². The van der Waals surface area contributed by atoms with Crippen LogP contribution in [0.25, 0.3) is 5.76 Å². The van der Waals surface area contributed by atoms with Gasteiger partial charge in [-0.25, -0.2) is 0 Å². The van der Waals surface area contributed by atoms with E-state index < -0.39 is 39.1 Å². The van der Waals surface area contributed by atoms with Gasteiger partial charge in [0.2, 0.25) is 7.37 Å². The Bertz CT molecular complexity index is 792. The highest BCUT2D eigenvalue weighted by Gasteiger charge is 2.22. The Hall–Kier alpha value is 0.0500. The van der Waals surface area contributed by atoms with Crippen LogP contribution in [0.5, 0.6) is 0 Å². The Kier molecular flexibility index (Phi) is 2.59. The molecule has 0 radical (unpaired) electrons. The molecular weight excluding hydrogens is 358 g/mol. The predicted molar refractivity (Wildman–Crippen MR) is 83.1 cm³/mol. The van der Waals surface area contributed by atoms with Gasteiger partial charge in [0.15, 0.2) is 0 Å². The summed E-state index contributed by atoms with van der Waals surface area (Å²) >= 11 is 14.7. The third kappa shape index (κ3) is 4.03. The molecule has 0 saturated heterocycles. The number of benzene rings is 1. The second kappa shape index (κ2) is 7.00. The quantitative estimate of drug-likeness (QED) is 0.460. The molecule has 0 atom stereocenters. The topological polar surface area (TPSA) is 26.3 Å². The zero-order chi connectivity index (χ0) is 22.3. The van der Waals surface area contributed by atoms with Gasteiger partial charge in [-0.05, 0) is 18.2 Å². The minimum absolute atomic E-state index is 0.0501. The van der Waals surface area contributed by atoms with Crippen LogP contribution in [0.3, 0.4) is 0 Å². The maximum atomic E-state index is 13.4. The first-order valence-corrected chi connectivity index (χ1v) is 7.69. The molecule has 0 bridgehead atoms. The van der Waals surface area contributed by atoms with Crippen molar-refractivity contribution in [3.05, 3.63) is 38.8 Å². The van der Waals surface area contributed by atoms with Crippen LogP contribution in [0.15, 0.2) is 23.2 Å². The molecule has 0 saturated carbocycles. The summed E-state index contributed by atoms with van der Waals surface area (Å²) in [5, 5.41) is 0.134. The molecule has 0 N–H and O–H groups in total. The standard InChI is InChI=1S/C12H14BrCl2O2P/c1-3-18(16,4-2)17-12(8-13)10-6-5-9(14)7-11(10)15/h5-8H,3-4H2,1-2H3/b12-8+/i1D3,2D3,3D2,4D2. The molecule has 1 aromatic carbocycles. The van der Waals surface area contributed by atoms with E-state index in [-0.39, 0.29) is 15.6 Å². The monoisotopic (exact) mass is 380 g/mol. The van der Waals surface area contributed by atoms with Crippen molar-refractivity contribution >= 4 is 52.3 Å². The Morgan fingerprint density at radius 2 is 2.22 bits per heavy atom. The Morgan fingerprint density at radius 3 is 2.72 bits per heavy atom. The lowest BCUT2D eigenvalue weighted by molar-refractivity contribution is 0.462. The summed E-state index contributed by atoms with van der Waals surface area (Å²) in [5.41, 5.74) is -0.0501. The van der Waals surface area contributed by atoms with Gasteiger partial charge in [-0.1, -0.05) is 52.8 Å². The highest BCUT2D eigenvalue weighted by atomic mass is 79.9. The fraction of sp³-hybridized carbons (Fsp3) is 0.333. The van der Waals surface area contributed by atoms with Crippen LogP contribution in [0.2, 0.25) is 10.0 Å². The van der Waals surface area contributed by atoms with Crippen molar-refractivity contribution in [1.29, 1.82) is 0 Å². The molecule has 0 fully saturated rings. The molecule has 0 aliphatic heterocycles. The van der Waals surface area contributed by atoms with E-state index in [1.165, 1.54) is 18.2 Å². The van der Waals surface area contributed by atoms with Gasteiger partial charge >= 0.3 is 0 Å². The second-order valence-electron chi connectivity index (χ2n) is 2.96. The zero-order valence-corrected chi connectivity index (χ0v) is 12.7. The number of hydrogen-bond donors (Lipinski definition) is 0. The average molecular weight is 382 g/mol. The minimum Gasteiger partial charge on any atom is -0.442 e. The Labute approximate surface area is 140 Å². The molecule has 0 unspecified atom stereocenters.